The Balaban J connectivity index is 1.89. The molecular formula is C17H21N3O5S2. The summed E-state index contributed by atoms with van der Waals surface area (Å²) >= 11 is 1.08. The standard InChI is InChI=1S/C17H21N3O5S2/c1-19(11-15(21)18-13-6-8-14(25-3)9-7-13)16(22)12-20(2)27(23,24)17-5-4-10-26-17/h4-10H,11-12H2,1-3H3,(H,18,21). The lowest BCUT2D eigenvalue weighted by Gasteiger charge is -2.21. The lowest BCUT2D eigenvalue weighted by Crippen LogP contribution is -2.42. The minimum atomic E-state index is -3.72. The van der Waals surface area contributed by atoms with Gasteiger partial charge >= 0.3 is 0 Å². The van der Waals surface area contributed by atoms with Crippen LogP contribution in [0.25, 0.3) is 0 Å². The van der Waals surface area contributed by atoms with Crippen LogP contribution in [0.15, 0.2) is 46.0 Å². The van der Waals surface area contributed by atoms with E-state index in [2.05, 4.69) is 5.32 Å². The van der Waals surface area contributed by atoms with Crippen LogP contribution in [0.2, 0.25) is 0 Å². The van der Waals surface area contributed by atoms with E-state index in [9.17, 15) is 18.0 Å². The van der Waals surface area contributed by atoms with E-state index in [1.165, 1.54) is 25.1 Å². The number of carbonyl (C=O) groups is 2. The maximum Gasteiger partial charge on any atom is 0.252 e. The first-order chi connectivity index (χ1) is 12.7. The van der Waals surface area contributed by atoms with Crippen LogP contribution in [-0.4, -0.2) is 63.7 Å². The van der Waals surface area contributed by atoms with Crippen LogP contribution in [0.5, 0.6) is 5.75 Å². The highest BCUT2D eigenvalue weighted by Crippen LogP contribution is 2.19. The van der Waals surface area contributed by atoms with E-state index in [1.54, 1.807) is 42.8 Å². The Morgan fingerprint density at radius 1 is 1.11 bits per heavy atom. The van der Waals surface area contributed by atoms with Gasteiger partial charge in [-0.05, 0) is 35.7 Å². The number of amides is 2. The fourth-order valence-corrected chi connectivity index (χ4v) is 4.46. The quantitative estimate of drug-likeness (QED) is 0.710. The second-order valence-electron chi connectivity index (χ2n) is 5.72. The molecule has 0 unspecified atom stereocenters. The highest BCUT2D eigenvalue weighted by molar-refractivity contribution is 7.91. The van der Waals surface area contributed by atoms with Crippen LogP contribution in [0.1, 0.15) is 0 Å². The number of sulfonamides is 1. The maximum absolute atomic E-state index is 12.3. The molecule has 27 heavy (non-hydrogen) atoms. The number of hydrogen-bond donors (Lipinski definition) is 1. The van der Waals surface area contributed by atoms with Crippen LogP contribution in [-0.2, 0) is 19.6 Å². The summed E-state index contributed by atoms with van der Waals surface area (Å²) in [7, 11) is 0.607. The normalized spacial score (nSPS) is 11.3. The van der Waals surface area contributed by atoms with Gasteiger partial charge in [0.25, 0.3) is 10.0 Å². The molecule has 0 saturated heterocycles. The number of thiophene rings is 1. The van der Waals surface area contributed by atoms with Crippen molar-refractivity contribution in [1.82, 2.24) is 9.21 Å². The van der Waals surface area contributed by atoms with Crippen molar-refractivity contribution in [3.8, 4) is 5.75 Å². The first-order valence-electron chi connectivity index (χ1n) is 7.91. The van der Waals surface area contributed by atoms with Crippen LogP contribution in [0, 0.1) is 0 Å². The fourth-order valence-electron chi connectivity index (χ4n) is 2.14. The molecule has 0 bridgehead atoms. The number of anilines is 1. The molecule has 0 aliphatic heterocycles. The molecular weight excluding hydrogens is 390 g/mol. The van der Waals surface area contributed by atoms with Gasteiger partial charge in [0.1, 0.15) is 9.96 Å². The van der Waals surface area contributed by atoms with Crippen molar-refractivity contribution in [2.75, 3.05) is 39.6 Å². The molecule has 8 nitrogen and oxygen atoms in total. The van der Waals surface area contributed by atoms with Gasteiger partial charge in [0, 0.05) is 19.8 Å². The lowest BCUT2D eigenvalue weighted by atomic mass is 10.3. The zero-order valence-corrected chi connectivity index (χ0v) is 16.8. The molecule has 0 aliphatic carbocycles. The number of nitrogens with zero attached hydrogens (tertiary/aromatic N) is 2. The third kappa shape index (κ3) is 5.52. The van der Waals surface area contributed by atoms with Gasteiger partial charge in [-0.15, -0.1) is 11.3 Å². The Morgan fingerprint density at radius 3 is 2.33 bits per heavy atom. The molecule has 1 heterocycles. The second-order valence-corrected chi connectivity index (χ2v) is 8.94. The van der Waals surface area contributed by atoms with Crippen molar-refractivity contribution in [3.05, 3.63) is 41.8 Å². The number of ether oxygens (including phenoxy) is 1. The van der Waals surface area contributed by atoms with Gasteiger partial charge in [-0.2, -0.15) is 4.31 Å². The predicted octanol–water partition coefficient (Wildman–Crippen LogP) is 1.47. The zero-order chi connectivity index (χ0) is 20.0. The molecule has 0 saturated carbocycles. The third-order valence-corrected chi connectivity index (χ3v) is 6.87. The molecule has 10 heteroatoms. The summed E-state index contributed by atoms with van der Waals surface area (Å²) in [5.41, 5.74) is 0.569. The summed E-state index contributed by atoms with van der Waals surface area (Å²) in [6.07, 6.45) is 0. The molecule has 0 spiro atoms. The van der Waals surface area contributed by atoms with Gasteiger partial charge in [-0.1, -0.05) is 6.07 Å². The molecule has 2 rings (SSSR count). The van der Waals surface area contributed by atoms with Gasteiger partial charge < -0.3 is 15.0 Å². The van der Waals surface area contributed by atoms with E-state index in [0.717, 1.165) is 15.6 Å². The number of likely N-dealkylation sites (N-methyl/N-ethyl adjacent to an activating group) is 2. The summed E-state index contributed by atoms with van der Waals surface area (Å²) in [6.45, 7) is -0.551. The molecule has 1 aromatic heterocycles. The van der Waals surface area contributed by atoms with Crippen molar-refractivity contribution < 1.29 is 22.7 Å². The van der Waals surface area contributed by atoms with E-state index >= 15 is 0 Å². The molecule has 2 aromatic rings. The molecule has 0 fully saturated rings. The van der Waals surface area contributed by atoms with Crippen LogP contribution in [0.3, 0.4) is 0 Å². The molecule has 0 aliphatic rings. The van der Waals surface area contributed by atoms with Crippen molar-refractivity contribution >= 4 is 38.9 Å². The predicted molar refractivity (Wildman–Crippen MR) is 103 cm³/mol. The van der Waals surface area contributed by atoms with Crippen molar-refractivity contribution in [2.24, 2.45) is 0 Å². The average molecular weight is 412 g/mol. The summed E-state index contributed by atoms with van der Waals surface area (Å²) in [6, 6.07) is 9.87. The van der Waals surface area contributed by atoms with Gasteiger partial charge in [0.05, 0.1) is 20.2 Å². The van der Waals surface area contributed by atoms with E-state index in [1.807, 2.05) is 0 Å². The van der Waals surface area contributed by atoms with E-state index in [4.69, 9.17) is 4.74 Å². The second kappa shape index (κ2) is 8.98. The number of nitrogens with one attached hydrogen (secondary N) is 1. The van der Waals surface area contributed by atoms with Crippen LogP contribution in [0.4, 0.5) is 5.69 Å². The summed E-state index contributed by atoms with van der Waals surface area (Å²) in [5, 5.41) is 4.32. The van der Waals surface area contributed by atoms with Crippen LogP contribution < -0.4 is 10.1 Å². The lowest BCUT2D eigenvalue weighted by molar-refractivity contribution is -0.133. The largest absolute Gasteiger partial charge is 0.497 e. The van der Waals surface area contributed by atoms with Gasteiger partial charge in [0.2, 0.25) is 11.8 Å². The zero-order valence-electron chi connectivity index (χ0n) is 15.2. The number of benzene rings is 1. The molecule has 1 N–H and O–H groups in total. The van der Waals surface area contributed by atoms with E-state index in [0.29, 0.717) is 11.4 Å². The maximum atomic E-state index is 12.3. The topological polar surface area (TPSA) is 96.0 Å². The fraction of sp³-hybridized carbons (Fsp3) is 0.294. The highest BCUT2D eigenvalue weighted by Gasteiger charge is 2.25. The smallest absolute Gasteiger partial charge is 0.252 e. The summed E-state index contributed by atoms with van der Waals surface area (Å²) in [4.78, 5) is 25.5. The molecule has 146 valence electrons. The Bertz CT molecular complexity index is 880. The Hall–Kier alpha value is -2.43. The SMILES string of the molecule is COc1ccc(NC(=O)CN(C)C(=O)CN(C)S(=O)(=O)c2cccs2)cc1. The van der Waals surface area contributed by atoms with E-state index < -0.39 is 15.9 Å². The number of methoxy groups -OCH3 is 1. The summed E-state index contributed by atoms with van der Waals surface area (Å²) < 4.78 is 30.9. The Morgan fingerprint density at radius 2 is 1.78 bits per heavy atom. The van der Waals surface area contributed by atoms with Gasteiger partial charge in [-0.25, -0.2) is 8.42 Å². The Labute approximate surface area is 162 Å². The number of carbonyl (C=O) groups excluding carboxylic acids is 2. The van der Waals surface area contributed by atoms with Gasteiger partial charge in [0.15, 0.2) is 0 Å². The first kappa shape index (κ1) is 20.9. The molecule has 0 atom stereocenters. The van der Waals surface area contributed by atoms with Crippen LogP contribution >= 0.6 is 11.3 Å². The average Bonchev–Trinajstić information content (AvgIpc) is 3.17. The van der Waals surface area contributed by atoms with Crippen molar-refractivity contribution in [2.45, 2.75) is 4.21 Å². The molecule has 2 amide bonds. The monoisotopic (exact) mass is 411 g/mol. The van der Waals surface area contributed by atoms with Gasteiger partial charge in [-0.3, -0.25) is 9.59 Å². The molecule has 0 radical (unpaired) electrons. The number of rotatable bonds is 8. The Kier molecular flexibility index (Phi) is 6.94. The highest BCUT2D eigenvalue weighted by atomic mass is 32.2. The minimum Gasteiger partial charge on any atom is -0.497 e. The third-order valence-electron chi connectivity index (χ3n) is 3.70. The number of hydrogen-bond acceptors (Lipinski definition) is 6. The summed E-state index contributed by atoms with van der Waals surface area (Å²) in [5.74, 6) is -0.211. The molecule has 1 aromatic carbocycles. The van der Waals surface area contributed by atoms with E-state index in [-0.39, 0.29) is 23.2 Å². The first-order valence-corrected chi connectivity index (χ1v) is 10.2. The van der Waals surface area contributed by atoms with Crippen molar-refractivity contribution in [1.29, 1.82) is 0 Å². The van der Waals surface area contributed by atoms with Crippen molar-refractivity contribution in [3.63, 3.8) is 0 Å². The minimum absolute atomic E-state index is 0.165.